The molecule has 2 aliphatic heterocycles. The second-order valence-corrected chi connectivity index (χ2v) is 22.3. The molecular weight excluding hydrogens is 933 g/mol. The van der Waals surface area contributed by atoms with E-state index in [-0.39, 0.29) is 23.8 Å². The van der Waals surface area contributed by atoms with Gasteiger partial charge in [0, 0.05) is 17.0 Å². The number of ether oxygens (including phenoxy) is 2. The molecule has 2 fully saturated rings. The van der Waals surface area contributed by atoms with Crippen LogP contribution in [0.25, 0.3) is 0 Å². The fraction of sp³-hybridized carbons (Fsp3) is 0.424. The molecular formula is C66H80N2O7. The van der Waals surface area contributed by atoms with Gasteiger partial charge in [0.1, 0.15) is 5.60 Å². The Kier molecular flexibility index (Phi) is 18.0. The highest BCUT2D eigenvalue weighted by atomic mass is 16.6. The first-order chi connectivity index (χ1) is 36.1. The van der Waals surface area contributed by atoms with Gasteiger partial charge in [0.2, 0.25) is 0 Å². The van der Waals surface area contributed by atoms with E-state index in [1.807, 2.05) is 174 Å². The third kappa shape index (κ3) is 12.2. The number of rotatable bonds is 21. The Morgan fingerprint density at radius 2 is 0.947 bits per heavy atom. The highest BCUT2D eigenvalue weighted by Crippen LogP contribution is 2.48. The Morgan fingerprint density at radius 3 is 1.39 bits per heavy atom. The van der Waals surface area contributed by atoms with Gasteiger partial charge in [-0.3, -0.25) is 9.59 Å². The number of esters is 2. The number of carbonyl (C=O) groups is 2. The van der Waals surface area contributed by atoms with Crippen molar-refractivity contribution in [2.45, 2.75) is 120 Å². The number of piperidine rings is 2. The summed E-state index contributed by atoms with van der Waals surface area (Å²) in [6.45, 7) is 14.8. The van der Waals surface area contributed by atoms with Crippen molar-refractivity contribution in [3.63, 3.8) is 0 Å². The van der Waals surface area contributed by atoms with Crippen LogP contribution in [0.3, 0.4) is 0 Å². The first kappa shape index (κ1) is 55.3. The molecule has 9 heteroatoms. The Balaban J connectivity index is 0.890. The summed E-state index contributed by atoms with van der Waals surface area (Å²) in [7, 11) is 1.40. The highest BCUT2D eigenvalue weighted by Gasteiger charge is 2.49. The van der Waals surface area contributed by atoms with E-state index in [4.69, 9.17) is 9.47 Å². The lowest BCUT2D eigenvalue weighted by Gasteiger charge is -2.46. The van der Waals surface area contributed by atoms with Crippen molar-refractivity contribution in [1.82, 2.24) is 9.80 Å². The number of aliphatic hydroxyl groups excluding tert-OH is 2. The maximum Gasteiger partial charge on any atom is 0.317 e. The highest BCUT2D eigenvalue weighted by molar-refractivity contribution is 5.84. The van der Waals surface area contributed by atoms with Gasteiger partial charge in [0.25, 0.3) is 0 Å². The average molecular weight is 1010 g/mol. The number of hydrogen-bond acceptors (Lipinski definition) is 9. The smallest absolute Gasteiger partial charge is 0.317 e. The zero-order valence-electron chi connectivity index (χ0n) is 45.2. The van der Waals surface area contributed by atoms with E-state index in [2.05, 4.69) is 34.1 Å². The van der Waals surface area contributed by atoms with E-state index in [9.17, 15) is 20.1 Å². The largest absolute Gasteiger partial charge is 0.468 e. The van der Waals surface area contributed by atoms with E-state index < -0.39 is 34.2 Å². The van der Waals surface area contributed by atoms with Gasteiger partial charge >= 0.3 is 11.9 Å². The maximum absolute atomic E-state index is 15.1. The molecule has 2 aliphatic rings. The van der Waals surface area contributed by atoms with Gasteiger partial charge in [-0.2, -0.15) is 0 Å². The number of methoxy groups -OCH3 is 1. The van der Waals surface area contributed by atoms with E-state index in [1.165, 1.54) is 7.11 Å². The second kappa shape index (κ2) is 24.4. The van der Waals surface area contributed by atoms with Gasteiger partial charge in [-0.05, 0) is 170 Å². The van der Waals surface area contributed by atoms with Crippen LogP contribution in [0.1, 0.15) is 141 Å². The van der Waals surface area contributed by atoms with E-state index >= 15 is 4.79 Å². The molecule has 0 saturated carbocycles. The second-order valence-electron chi connectivity index (χ2n) is 22.3. The lowest BCUT2D eigenvalue weighted by Crippen LogP contribution is -2.49. The monoisotopic (exact) mass is 1010 g/mol. The summed E-state index contributed by atoms with van der Waals surface area (Å²) in [6, 6.07) is 54.2. The summed E-state index contributed by atoms with van der Waals surface area (Å²) < 4.78 is 12.1. The van der Waals surface area contributed by atoms with Crippen LogP contribution in [-0.4, -0.2) is 83.4 Å². The van der Waals surface area contributed by atoms with Gasteiger partial charge < -0.3 is 34.6 Å². The van der Waals surface area contributed by atoms with Crippen molar-refractivity contribution < 1.29 is 34.4 Å². The SMILES string of the molecule is COC(=O)C(C)(C)c1ccc([C@H](O)CCCN2CCC(C(OC(=O)C(C)(C)c3ccc(C(O)CCCN4CCC(C(O)(c5ccccc5)c5ccccc5)CC4)cc3C)(c3ccccc3)c3ccccc3)CC2)cc1. The number of carbonyl (C=O) groups excluding carboxylic acids is 2. The molecule has 0 radical (unpaired) electrons. The summed E-state index contributed by atoms with van der Waals surface area (Å²) in [6.07, 6.45) is 5.02. The molecule has 75 heavy (non-hydrogen) atoms. The van der Waals surface area contributed by atoms with Gasteiger partial charge in [0.05, 0.1) is 30.1 Å². The molecule has 6 aromatic rings. The topological polar surface area (TPSA) is 120 Å². The van der Waals surface area contributed by atoms with Crippen LogP contribution in [0.4, 0.5) is 0 Å². The van der Waals surface area contributed by atoms with Crippen molar-refractivity contribution in [3.05, 3.63) is 214 Å². The molecule has 0 aliphatic carbocycles. The molecule has 2 heterocycles. The molecule has 396 valence electrons. The zero-order valence-corrected chi connectivity index (χ0v) is 45.2. The fourth-order valence-corrected chi connectivity index (χ4v) is 12.2. The van der Waals surface area contributed by atoms with E-state index in [0.717, 1.165) is 128 Å². The normalized spacial score (nSPS) is 16.5. The minimum absolute atomic E-state index is 0.00607. The van der Waals surface area contributed by atoms with Crippen molar-refractivity contribution in [2.24, 2.45) is 11.8 Å². The van der Waals surface area contributed by atoms with Crippen molar-refractivity contribution in [1.29, 1.82) is 0 Å². The number of aryl methyl sites for hydroxylation is 1. The van der Waals surface area contributed by atoms with Crippen LogP contribution in [0, 0.1) is 18.8 Å². The third-order valence-corrected chi connectivity index (χ3v) is 16.9. The Labute approximate surface area is 446 Å². The fourth-order valence-electron chi connectivity index (χ4n) is 12.2. The minimum atomic E-state index is -1.05. The molecule has 2 atom stereocenters. The number of nitrogens with zero attached hydrogens (tertiary/aromatic N) is 2. The molecule has 2 saturated heterocycles. The van der Waals surface area contributed by atoms with E-state index in [1.54, 1.807) is 0 Å². The molecule has 0 spiro atoms. The lowest BCUT2D eigenvalue weighted by atomic mass is 9.71. The third-order valence-electron chi connectivity index (χ3n) is 16.9. The van der Waals surface area contributed by atoms with Crippen molar-refractivity contribution in [3.8, 4) is 0 Å². The van der Waals surface area contributed by atoms with Gasteiger partial charge in [-0.1, -0.05) is 164 Å². The van der Waals surface area contributed by atoms with Gasteiger partial charge in [-0.25, -0.2) is 0 Å². The number of hydrogen-bond donors (Lipinski definition) is 3. The maximum atomic E-state index is 15.1. The Morgan fingerprint density at radius 1 is 0.533 bits per heavy atom. The molecule has 1 unspecified atom stereocenters. The molecule has 8 rings (SSSR count). The summed E-state index contributed by atoms with van der Waals surface area (Å²) in [5.41, 5.74) is 4.20. The van der Waals surface area contributed by atoms with Gasteiger partial charge in [0.15, 0.2) is 5.60 Å². The molecule has 6 aromatic carbocycles. The number of benzene rings is 6. The van der Waals surface area contributed by atoms with Crippen LogP contribution in [0.2, 0.25) is 0 Å². The van der Waals surface area contributed by atoms with Gasteiger partial charge in [-0.15, -0.1) is 0 Å². The summed E-state index contributed by atoms with van der Waals surface area (Å²) >= 11 is 0. The summed E-state index contributed by atoms with van der Waals surface area (Å²) in [4.78, 5) is 32.4. The van der Waals surface area contributed by atoms with E-state index in [0.29, 0.717) is 12.8 Å². The standard InChI is InChI=1S/C66H80N2O7/c1-48-47-50(60(70)30-20-42-67-43-37-54(38-44-67)65(73,52-21-11-7-12-22-52)53-23-13-8-14-24-53)33-36-58(48)64(4,5)62(72)75-66(55-25-15-9-16-26-55,56-27-17-10-18-28-56)57-39-45-68(46-40-57)41-19-29-59(69)49-31-34-51(35-32-49)63(2,3)61(71)74-6/h7-18,21-28,31-36,47,54,57,59-60,69-70,73H,19-20,29-30,37-46H2,1-6H3/t59-,60?/m1/s1. The molecule has 3 N–H and O–H groups in total. The predicted octanol–water partition coefficient (Wildman–Crippen LogP) is 11.9. The first-order valence-corrected chi connectivity index (χ1v) is 27.4. The minimum Gasteiger partial charge on any atom is -0.468 e. The number of aliphatic hydroxyl groups is 3. The van der Waals surface area contributed by atoms with Crippen LogP contribution in [-0.2, 0) is 41.1 Å². The molecule has 0 bridgehead atoms. The first-order valence-electron chi connectivity index (χ1n) is 27.4. The van der Waals surface area contributed by atoms with Crippen molar-refractivity contribution in [2.75, 3.05) is 46.4 Å². The summed E-state index contributed by atoms with van der Waals surface area (Å²) in [5, 5.41) is 35.1. The quantitative estimate of drug-likeness (QED) is 0.0606. The molecule has 0 aromatic heterocycles. The Hall–Kier alpha value is -5.94. The zero-order chi connectivity index (χ0) is 53.2. The van der Waals surface area contributed by atoms with Crippen LogP contribution >= 0.6 is 0 Å². The van der Waals surface area contributed by atoms with Crippen LogP contribution < -0.4 is 0 Å². The summed E-state index contributed by atoms with van der Waals surface area (Å²) in [5.74, 6) is -0.519. The predicted molar refractivity (Wildman–Crippen MR) is 298 cm³/mol. The number of likely N-dealkylation sites (tertiary alicyclic amines) is 2. The van der Waals surface area contributed by atoms with Crippen molar-refractivity contribution >= 4 is 11.9 Å². The average Bonchev–Trinajstić information content (AvgIpc) is 3.45. The van der Waals surface area contributed by atoms with Crippen LogP contribution in [0.5, 0.6) is 0 Å². The molecule has 0 amide bonds. The Bertz CT molecular complexity index is 2670. The molecule has 9 nitrogen and oxygen atoms in total. The van der Waals surface area contributed by atoms with Crippen LogP contribution in [0.15, 0.2) is 164 Å². The lowest BCUT2D eigenvalue weighted by molar-refractivity contribution is -0.170.